The minimum atomic E-state index is -1.21. The standard InChI is InChI=1S/C12H7ClO2S/c13-8-5-6-10-12(7-8)16(14)11-4-2-1-3-9(11)15-10/h1-7H. The molecule has 0 radical (unpaired) electrons. The average Bonchev–Trinajstić information content (AvgIpc) is 2.31. The van der Waals surface area contributed by atoms with Crippen LogP contribution < -0.4 is 4.74 Å². The Labute approximate surface area is 100 Å². The van der Waals surface area contributed by atoms with Crippen LogP contribution in [-0.2, 0) is 10.8 Å². The van der Waals surface area contributed by atoms with E-state index in [0.717, 1.165) is 0 Å². The maximum atomic E-state index is 12.2. The van der Waals surface area contributed by atoms with E-state index in [2.05, 4.69) is 0 Å². The molecule has 0 amide bonds. The van der Waals surface area contributed by atoms with E-state index in [-0.39, 0.29) is 0 Å². The van der Waals surface area contributed by atoms with Crippen molar-refractivity contribution in [3.8, 4) is 11.5 Å². The Balaban J connectivity index is 2.23. The summed E-state index contributed by atoms with van der Waals surface area (Å²) in [6, 6.07) is 12.5. The van der Waals surface area contributed by atoms with Crippen LogP contribution >= 0.6 is 11.6 Å². The molecule has 1 atom stereocenters. The van der Waals surface area contributed by atoms with Crippen LogP contribution in [0.2, 0.25) is 5.02 Å². The van der Waals surface area contributed by atoms with Gasteiger partial charge in [0.05, 0.1) is 20.6 Å². The van der Waals surface area contributed by atoms with E-state index in [4.69, 9.17) is 16.3 Å². The molecule has 1 heterocycles. The van der Waals surface area contributed by atoms with Gasteiger partial charge in [0, 0.05) is 5.02 Å². The minimum Gasteiger partial charge on any atom is -0.455 e. The molecule has 1 aliphatic rings. The predicted octanol–water partition coefficient (Wildman–Crippen LogP) is 3.61. The maximum absolute atomic E-state index is 12.2. The molecule has 0 aromatic heterocycles. The number of ether oxygens (including phenoxy) is 1. The highest BCUT2D eigenvalue weighted by Crippen LogP contribution is 2.40. The first-order valence-electron chi connectivity index (χ1n) is 4.74. The van der Waals surface area contributed by atoms with Crippen LogP contribution in [-0.4, -0.2) is 4.21 Å². The summed E-state index contributed by atoms with van der Waals surface area (Å²) in [6.07, 6.45) is 0. The lowest BCUT2D eigenvalue weighted by atomic mass is 10.3. The highest BCUT2D eigenvalue weighted by atomic mass is 35.5. The fourth-order valence-corrected chi connectivity index (χ4v) is 3.13. The molecule has 0 N–H and O–H groups in total. The molecule has 2 aromatic rings. The quantitative estimate of drug-likeness (QED) is 0.609. The van der Waals surface area contributed by atoms with Crippen molar-refractivity contribution < 1.29 is 8.95 Å². The number of halogens is 1. The Hall–Kier alpha value is -1.32. The van der Waals surface area contributed by atoms with Crippen molar-refractivity contribution in [3.05, 3.63) is 47.5 Å². The third kappa shape index (κ3) is 1.44. The fraction of sp³-hybridized carbons (Fsp3) is 0. The fourth-order valence-electron chi connectivity index (χ4n) is 1.64. The first-order chi connectivity index (χ1) is 7.75. The summed E-state index contributed by atoms with van der Waals surface area (Å²) in [7, 11) is -1.21. The monoisotopic (exact) mass is 250 g/mol. The zero-order valence-electron chi connectivity index (χ0n) is 8.14. The zero-order valence-corrected chi connectivity index (χ0v) is 9.72. The van der Waals surface area contributed by atoms with Crippen molar-refractivity contribution in [3.63, 3.8) is 0 Å². The molecule has 0 saturated carbocycles. The SMILES string of the molecule is O=S1c2ccccc2Oc2ccc(Cl)cc21. The van der Waals surface area contributed by atoms with Gasteiger partial charge in [0.15, 0.2) is 0 Å². The highest BCUT2D eigenvalue weighted by molar-refractivity contribution is 7.85. The Morgan fingerprint density at radius 3 is 2.62 bits per heavy atom. The zero-order chi connectivity index (χ0) is 11.1. The van der Waals surface area contributed by atoms with Crippen molar-refractivity contribution in [2.45, 2.75) is 9.79 Å². The highest BCUT2D eigenvalue weighted by Gasteiger charge is 2.23. The summed E-state index contributed by atoms with van der Waals surface area (Å²) >= 11 is 5.88. The van der Waals surface area contributed by atoms with Crippen LogP contribution in [0.15, 0.2) is 52.3 Å². The van der Waals surface area contributed by atoms with Crippen molar-refractivity contribution in [2.24, 2.45) is 0 Å². The van der Waals surface area contributed by atoms with Crippen LogP contribution in [0.4, 0.5) is 0 Å². The Kier molecular flexibility index (Phi) is 2.23. The molecule has 1 aliphatic heterocycles. The van der Waals surface area contributed by atoms with Gasteiger partial charge in [0.25, 0.3) is 0 Å². The largest absolute Gasteiger partial charge is 0.455 e. The molecule has 16 heavy (non-hydrogen) atoms. The average molecular weight is 251 g/mol. The topological polar surface area (TPSA) is 26.3 Å². The summed E-state index contributed by atoms with van der Waals surface area (Å²) in [5, 5.41) is 0.565. The molecule has 2 aromatic carbocycles. The van der Waals surface area contributed by atoms with E-state index in [9.17, 15) is 4.21 Å². The summed E-state index contributed by atoms with van der Waals surface area (Å²) in [6.45, 7) is 0. The number of rotatable bonds is 0. The van der Waals surface area contributed by atoms with Gasteiger partial charge in [-0.15, -0.1) is 0 Å². The number of fused-ring (bicyclic) bond motifs is 2. The second-order valence-electron chi connectivity index (χ2n) is 3.41. The Morgan fingerprint density at radius 2 is 1.75 bits per heavy atom. The molecule has 3 rings (SSSR count). The molecular weight excluding hydrogens is 244 g/mol. The lowest BCUT2D eigenvalue weighted by Crippen LogP contribution is -2.04. The Morgan fingerprint density at radius 1 is 1.00 bits per heavy atom. The molecule has 0 aliphatic carbocycles. The van der Waals surface area contributed by atoms with Crippen LogP contribution in [0.3, 0.4) is 0 Å². The van der Waals surface area contributed by atoms with Gasteiger partial charge < -0.3 is 4.74 Å². The number of hydrogen-bond acceptors (Lipinski definition) is 2. The van der Waals surface area contributed by atoms with E-state index in [0.29, 0.717) is 26.3 Å². The van der Waals surface area contributed by atoms with Crippen molar-refractivity contribution in [2.75, 3.05) is 0 Å². The van der Waals surface area contributed by atoms with Crippen molar-refractivity contribution >= 4 is 22.4 Å². The second-order valence-corrected chi connectivity index (χ2v) is 5.26. The second kappa shape index (κ2) is 3.61. The third-order valence-corrected chi connectivity index (χ3v) is 4.06. The summed E-state index contributed by atoms with van der Waals surface area (Å²) < 4.78 is 17.9. The molecule has 80 valence electrons. The van der Waals surface area contributed by atoms with E-state index >= 15 is 0 Å². The first-order valence-corrected chi connectivity index (χ1v) is 6.27. The molecule has 0 fully saturated rings. The molecule has 0 spiro atoms. The summed E-state index contributed by atoms with van der Waals surface area (Å²) in [5.74, 6) is 1.26. The van der Waals surface area contributed by atoms with Crippen LogP contribution in [0.5, 0.6) is 11.5 Å². The van der Waals surface area contributed by atoms with E-state index in [1.165, 1.54) is 0 Å². The Bertz CT molecular complexity index is 595. The molecule has 0 bridgehead atoms. The van der Waals surface area contributed by atoms with Crippen LogP contribution in [0, 0.1) is 0 Å². The molecule has 0 saturated heterocycles. The van der Waals surface area contributed by atoms with Gasteiger partial charge >= 0.3 is 0 Å². The maximum Gasteiger partial charge on any atom is 0.144 e. The molecule has 4 heteroatoms. The van der Waals surface area contributed by atoms with Gasteiger partial charge in [-0.2, -0.15) is 0 Å². The van der Waals surface area contributed by atoms with Crippen molar-refractivity contribution in [1.29, 1.82) is 0 Å². The van der Waals surface area contributed by atoms with Gasteiger partial charge in [0.1, 0.15) is 11.5 Å². The number of para-hydroxylation sites is 1. The number of hydrogen-bond donors (Lipinski definition) is 0. The lowest BCUT2D eigenvalue weighted by Gasteiger charge is -2.19. The van der Waals surface area contributed by atoms with Crippen molar-refractivity contribution in [1.82, 2.24) is 0 Å². The van der Waals surface area contributed by atoms with E-state index < -0.39 is 10.8 Å². The van der Waals surface area contributed by atoms with E-state index in [1.54, 1.807) is 24.3 Å². The third-order valence-electron chi connectivity index (χ3n) is 2.37. The lowest BCUT2D eigenvalue weighted by molar-refractivity contribution is 0.450. The molecule has 2 nitrogen and oxygen atoms in total. The molecule has 1 unspecified atom stereocenters. The van der Waals surface area contributed by atoms with Crippen LogP contribution in [0.25, 0.3) is 0 Å². The van der Waals surface area contributed by atoms with Gasteiger partial charge in [-0.05, 0) is 30.3 Å². The van der Waals surface area contributed by atoms with Crippen LogP contribution in [0.1, 0.15) is 0 Å². The summed E-state index contributed by atoms with van der Waals surface area (Å²) in [4.78, 5) is 1.32. The smallest absolute Gasteiger partial charge is 0.144 e. The minimum absolute atomic E-state index is 0.565. The predicted molar refractivity (Wildman–Crippen MR) is 62.6 cm³/mol. The molecular formula is C12H7ClO2S. The first kappa shape index (κ1) is 9.87. The number of benzene rings is 2. The van der Waals surface area contributed by atoms with Gasteiger partial charge in [-0.3, -0.25) is 0 Å². The van der Waals surface area contributed by atoms with Gasteiger partial charge in [0.2, 0.25) is 0 Å². The summed E-state index contributed by atoms with van der Waals surface area (Å²) in [5.41, 5.74) is 0. The van der Waals surface area contributed by atoms with E-state index in [1.807, 2.05) is 18.2 Å². The van der Waals surface area contributed by atoms with Gasteiger partial charge in [-0.1, -0.05) is 23.7 Å². The normalized spacial score (nSPS) is 17.2. The van der Waals surface area contributed by atoms with Gasteiger partial charge in [-0.25, -0.2) is 4.21 Å².